The molecule has 0 unspecified atom stereocenters. The van der Waals surface area contributed by atoms with Gasteiger partial charge in [-0.1, -0.05) is 17.7 Å². The van der Waals surface area contributed by atoms with E-state index in [2.05, 4.69) is 10.1 Å². The van der Waals surface area contributed by atoms with E-state index in [-0.39, 0.29) is 5.82 Å². The van der Waals surface area contributed by atoms with Crippen LogP contribution in [-0.4, -0.2) is 14.8 Å². The van der Waals surface area contributed by atoms with E-state index in [4.69, 9.17) is 22.6 Å². The van der Waals surface area contributed by atoms with E-state index in [1.54, 1.807) is 23.1 Å². The molecule has 0 atom stereocenters. The number of nitrogen functional groups attached to an aromatic ring is 1. The highest BCUT2D eigenvalue weighted by molar-refractivity contribution is 6.32. The van der Waals surface area contributed by atoms with Crippen molar-refractivity contribution in [2.75, 3.05) is 5.73 Å². The summed E-state index contributed by atoms with van der Waals surface area (Å²) in [5.41, 5.74) is 6.68. The van der Waals surface area contributed by atoms with Crippen LogP contribution in [0.1, 0.15) is 11.3 Å². The number of aromatic nitrogens is 3. The van der Waals surface area contributed by atoms with E-state index >= 15 is 0 Å². The fourth-order valence-electron chi connectivity index (χ4n) is 1.33. The third-order valence-corrected chi connectivity index (χ3v) is 2.36. The largest absolute Gasteiger partial charge is 0.381 e. The number of hydrogen-bond acceptors (Lipinski definition) is 4. The number of anilines is 1. The molecule has 6 heteroatoms. The van der Waals surface area contributed by atoms with Crippen molar-refractivity contribution in [3.63, 3.8) is 0 Å². The Labute approximate surface area is 97.1 Å². The molecule has 0 aromatic carbocycles. The lowest BCUT2D eigenvalue weighted by Crippen LogP contribution is -2.03. The van der Waals surface area contributed by atoms with Crippen LogP contribution in [0.25, 0.3) is 0 Å². The van der Waals surface area contributed by atoms with E-state index in [9.17, 15) is 0 Å². The smallest absolute Gasteiger partial charge is 0.164 e. The van der Waals surface area contributed by atoms with Crippen molar-refractivity contribution < 1.29 is 0 Å². The summed E-state index contributed by atoms with van der Waals surface area (Å²) in [7, 11) is 0. The van der Waals surface area contributed by atoms with Gasteiger partial charge in [-0.15, -0.1) is 0 Å². The summed E-state index contributed by atoms with van der Waals surface area (Å²) in [5, 5.41) is 13.3. The van der Waals surface area contributed by atoms with Gasteiger partial charge in [0.15, 0.2) is 5.82 Å². The van der Waals surface area contributed by atoms with Gasteiger partial charge in [0.2, 0.25) is 0 Å². The van der Waals surface area contributed by atoms with Gasteiger partial charge in [0.05, 0.1) is 6.54 Å². The Morgan fingerprint density at radius 1 is 1.56 bits per heavy atom. The summed E-state index contributed by atoms with van der Waals surface area (Å²) in [6.45, 7) is 0.424. The van der Waals surface area contributed by atoms with E-state index in [0.717, 1.165) is 5.56 Å². The first kappa shape index (κ1) is 10.5. The maximum absolute atomic E-state index is 8.86. The number of halogens is 1. The third-order valence-electron chi connectivity index (χ3n) is 2.07. The SMILES string of the molecule is N#Cc1ncccc1Cn1cc(Cl)c(N)n1. The van der Waals surface area contributed by atoms with Crippen LogP contribution < -0.4 is 5.73 Å². The molecule has 0 saturated carbocycles. The van der Waals surface area contributed by atoms with Gasteiger partial charge in [-0.05, 0) is 6.07 Å². The normalized spacial score (nSPS) is 10.0. The fraction of sp³-hybridized carbons (Fsp3) is 0.100. The highest BCUT2D eigenvalue weighted by atomic mass is 35.5. The van der Waals surface area contributed by atoms with Crippen LogP contribution >= 0.6 is 11.6 Å². The first-order valence-electron chi connectivity index (χ1n) is 4.53. The molecule has 0 fully saturated rings. The Balaban J connectivity index is 2.31. The van der Waals surface area contributed by atoms with Crippen molar-refractivity contribution in [1.82, 2.24) is 14.8 Å². The molecule has 0 aliphatic carbocycles. The molecule has 0 aliphatic heterocycles. The lowest BCUT2D eigenvalue weighted by Gasteiger charge is -2.02. The van der Waals surface area contributed by atoms with Crippen molar-refractivity contribution >= 4 is 17.4 Å². The van der Waals surface area contributed by atoms with Crippen LogP contribution in [0, 0.1) is 11.3 Å². The van der Waals surface area contributed by atoms with Crippen LogP contribution in [-0.2, 0) is 6.54 Å². The Morgan fingerprint density at radius 3 is 3.00 bits per heavy atom. The first-order valence-corrected chi connectivity index (χ1v) is 4.91. The molecule has 16 heavy (non-hydrogen) atoms. The second kappa shape index (κ2) is 4.21. The van der Waals surface area contributed by atoms with Crippen molar-refractivity contribution in [3.8, 4) is 6.07 Å². The molecule has 2 rings (SSSR count). The molecule has 0 aliphatic rings. The Morgan fingerprint density at radius 2 is 2.38 bits per heavy atom. The van der Waals surface area contributed by atoms with Crippen molar-refractivity contribution in [3.05, 3.63) is 40.8 Å². The van der Waals surface area contributed by atoms with Gasteiger partial charge < -0.3 is 5.73 Å². The molecule has 0 amide bonds. The molecule has 0 saturated heterocycles. The van der Waals surface area contributed by atoms with E-state index < -0.39 is 0 Å². The van der Waals surface area contributed by atoms with Gasteiger partial charge in [0.1, 0.15) is 16.8 Å². The predicted molar refractivity (Wildman–Crippen MR) is 59.7 cm³/mol. The van der Waals surface area contributed by atoms with Crippen LogP contribution in [0.3, 0.4) is 0 Å². The minimum absolute atomic E-state index is 0.282. The third kappa shape index (κ3) is 1.97. The lowest BCUT2D eigenvalue weighted by atomic mass is 10.2. The van der Waals surface area contributed by atoms with Gasteiger partial charge in [0.25, 0.3) is 0 Å². The number of hydrogen-bond donors (Lipinski definition) is 1. The molecule has 2 N–H and O–H groups in total. The zero-order valence-electron chi connectivity index (χ0n) is 8.26. The second-order valence-electron chi connectivity index (χ2n) is 3.18. The topological polar surface area (TPSA) is 80.5 Å². The summed E-state index contributed by atoms with van der Waals surface area (Å²) >= 11 is 5.78. The standard InChI is InChI=1S/C10H8ClN5/c11-8-6-16(15-10(8)13)5-7-2-1-3-14-9(7)4-12/h1-3,6H,5H2,(H2,13,15). The van der Waals surface area contributed by atoms with E-state index in [1.807, 2.05) is 12.1 Å². The number of nitrogens with two attached hydrogens (primary N) is 1. The molecular formula is C10H8ClN5. The van der Waals surface area contributed by atoms with Crippen LogP contribution in [0.5, 0.6) is 0 Å². The van der Waals surface area contributed by atoms with Crippen molar-refractivity contribution in [1.29, 1.82) is 5.26 Å². The number of pyridine rings is 1. The van der Waals surface area contributed by atoms with Gasteiger partial charge in [-0.2, -0.15) is 10.4 Å². The quantitative estimate of drug-likeness (QED) is 0.851. The van der Waals surface area contributed by atoms with Gasteiger partial charge in [-0.25, -0.2) is 4.98 Å². The number of nitrogens with zero attached hydrogens (tertiary/aromatic N) is 4. The zero-order chi connectivity index (χ0) is 11.5. The van der Waals surface area contributed by atoms with Crippen LogP contribution in [0.15, 0.2) is 24.5 Å². The molecule has 2 aromatic heterocycles. The van der Waals surface area contributed by atoms with Crippen molar-refractivity contribution in [2.45, 2.75) is 6.54 Å². The minimum atomic E-state index is 0.282. The van der Waals surface area contributed by atoms with E-state index in [1.165, 1.54) is 0 Å². The van der Waals surface area contributed by atoms with Crippen LogP contribution in [0.4, 0.5) is 5.82 Å². The number of nitriles is 1. The molecule has 2 heterocycles. The molecular weight excluding hydrogens is 226 g/mol. The van der Waals surface area contributed by atoms with Gasteiger partial charge in [-0.3, -0.25) is 4.68 Å². The maximum Gasteiger partial charge on any atom is 0.164 e. The summed E-state index contributed by atoms with van der Waals surface area (Å²) < 4.78 is 1.58. The molecule has 0 bridgehead atoms. The number of rotatable bonds is 2. The summed E-state index contributed by atoms with van der Waals surface area (Å²) in [6, 6.07) is 5.61. The summed E-state index contributed by atoms with van der Waals surface area (Å²) in [4.78, 5) is 3.96. The molecule has 80 valence electrons. The summed E-state index contributed by atoms with van der Waals surface area (Å²) in [5.74, 6) is 0.282. The Bertz CT molecular complexity index is 535. The molecule has 0 radical (unpaired) electrons. The maximum atomic E-state index is 8.86. The highest BCUT2D eigenvalue weighted by Gasteiger charge is 2.06. The predicted octanol–water partition coefficient (Wildman–Crippen LogP) is 1.43. The monoisotopic (exact) mass is 233 g/mol. The minimum Gasteiger partial charge on any atom is -0.381 e. The van der Waals surface area contributed by atoms with E-state index in [0.29, 0.717) is 17.3 Å². The second-order valence-corrected chi connectivity index (χ2v) is 3.59. The van der Waals surface area contributed by atoms with Gasteiger partial charge >= 0.3 is 0 Å². The van der Waals surface area contributed by atoms with Gasteiger partial charge in [0, 0.05) is 18.0 Å². The average Bonchev–Trinajstić information content (AvgIpc) is 2.59. The highest BCUT2D eigenvalue weighted by Crippen LogP contribution is 2.16. The molecule has 2 aromatic rings. The first-order chi connectivity index (χ1) is 7.70. The average molecular weight is 234 g/mol. The van der Waals surface area contributed by atoms with Crippen molar-refractivity contribution in [2.24, 2.45) is 0 Å². The molecule has 0 spiro atoms. The molecule has 5 nitrogen and oxygen atoms in total. The summed E-state index contributed by atoms with van der Waals surface area (Å²) in [6.07, 6.45) is 3.19. The Hall–Kier alpha value is -2.06. The lowest BCUT2D eigenvalue weighted by molar-refractivity contribution is 0.686. The fourth-order valence-corrected chi connectivity index (χ4v) is 1.48. The Kier molecular flexibility index (Phi) is 2.75. The zero-order valence-corrected chi connectivity index (χ0v) is 9.02. The van der Waals surface area contributed by atoms with Crippen LogP contribution in [0.2, 0.25) is 5.02 Å².